The minimum absolute atomic E-state index is 0.186. The number of ether oxygens (including phenoxy) is 1. The molecule has 0 saturated heterocycles. The predicted octanol–water partition coefficient (Wildman–Crippen LogP) is 2.92. The summed E-state index contributed by atoms with van der Waals surface area (Å²) in [5.41, 5.74) is 6.90. The average molecular weight is 234 g/mol. The largest absolute Gasteiger partial charge is 0.385 e. The first-order valence-electron chi connectivity index (χ1n) is 5.96. The lowest BCUT2D eigenvalue weighted by Crippen LogP contribution is -2.28. The van der Waals surface area contributed by atoms with Gasteiger partial charge in [0.05, 0.1) is 5.54 Å². The fraction of sp³-hybridized carbons (Fsp3) is 0.500. The van der Waals surface area contributed by atoms with Gasteiger partial charge < -0.3 is 10.5 Å². The summed E-state index contributed by atoms with van der Waals surface area (Å²) in [5.74, 6) is 0.533. The lowest BCUT2D eigenvalue weighted by molar-refractivity contribution is 0.109. The van der Waals surface area contributed by atoms with Crippen LogP contribution in [-0.4, -0.2) is 18.0 Å². The van der Waals surface area contributed by atoms with E-state index in [-0.39, 0.29) is 11.6 Å². The van der Waals surface area contributed by atoms with Gasteiger partial charge in [-0.15, -0.1) is 0 Å². The molecule has 3 nitrogen and oxygen atoms in total. The molecule has 0 amide bonds. The molecule has 0 bridgehead atoms. The van der Waals surface area contributed by atoms with Crippen LogP contribution in [0.1, 0.15) is 39.4 Å². The van der Waals surface area contributed by atoms with Gasteiger partial charge in [0.15, 0.2) is 0 Å². The second-order valence-electron chi connectivity index (χ2n) is 4.95. The van der Waals surface area contributed by atoms with E-state index in [1.54, 1.807) is 0 Å². The van der Waals surface area contributed by atoms with Crippen LogP contribution < -0.4 is 5.73 Å². The fourth-order valence-electron chi connectivity index (χ4n) is 1.59. The van der Waals surface area contributed by atoms with Crippen molar-refractivity contribution in [2.24, 2.45) is 10.7 Å². The summed E-state index contributed by atoms with van der Waals surface area (Å²) in [6.07, 6.45) is -0.250. The van der Waals surface area contributed by atoms with E-state index in [0.717, 1.165) is 5.56 Å². The third-order valence-corrected chi connectivity index (χ3v) is 2.17. The summed E-state index contributed by atoms with van der Waals surface area (Å²) < 4.78 is 5.68. The molecule has 1 atom stereocenters. The summed E-state index contributed by atoms with van der Waals surface area (Å²) in [7, 11) is 0. The number of nitrogens with two attached hydrogens (primary N) is 1. The molecule has 0 aliphatic rings. The van der Waals surface area contributed by atoms with Gasteiger partial charge in [-0.3, -0.25) is 4.99 Å². The van der Waals surface area contributed by atoms with E-state index in [1.165, 1.54) is 0 Å². The van der Waals surface area contributed by atoms with Gasteiger partial charge in [-0.05, 0) is 33.3 Å². The van der Waals surface area contributed by atoms with Crippen LogP contribution in [0.15, 0.2) is 35.3 Å². The summed E-state index contributed by atoms with van der Waals surface area (Å²) in [5, 5.41) is 0. The number of rotatable bonds is 4. The smallest absolute Gasteiger partial charge is 0.139 e. The Labute approximate surface area is 104 Å². The normalized spacial score (nSPS) is 14.7. The summed E-state index contributed by atoms with van der Waals surface area (Å²) in [6, 6.07) is 9.94. The summed E-state index contributed by atoms with van der Waals surface area (Å²) in [4.78, 5) is 4.47. The molecule has 0 spiro atoms. The van der Waals surface area contributed by atoms with Crippen LogP contribution in [0.5, 0.6) is 0 Å². The van der Waals surface area contributed by atoms with Crippen molar-refractivity contribution >= 4 is 5.84 Å². The lowest BCUT2D eigenvalue weighted by Gasteiger charge is -2.21. The van der Waals surface area contributed by atoms with Crippen molar-refractivity contribution in [1.29, 1.82) is 0 Å². The highest BCUT2D eigenvalue weighted by molar-refractivity contribution is 5.86. The molecule has 1 rings (SSSR count). The quantitative estimate of drug-likeness (QED) is 0.643. The van der Waals surface area contributed by atoms with Gasteiger partial charge in [0.2, 0.25) is 0 Å². The van der Waals surface area contributed by atoms with E-state index in [9.17, 15) is 0 Å². The Hall–Kier alpha value is -1.35. The number of benzene rings is 1. The molecule has 1 aromatic rings. The van der Waals surface area contributed by atoms with Crippen molar-refractivity contribution in [3.63, 3.8) is 0 Å². The Bertz CT molecular complexity index is 366. The first kappa shape index (κ1) is 13.7. The Balaban J connectivity index is 2.98. The minimum atomic E-state index is -0.250. The first-order chi connectivity index (χ1) is 7.94. The maximum Gasteiger partial charge on any atom is 0.139 e. The predicted molar refractivity (Wildman–Crippen MR) is 72.2 cm³/mol. The maximum absolute atomic E-state index is 6.05. The number of aliphatic imine (C=N–C) groups is 1. The van der Waals surface area contributed by atoms with Crippen LogP contribution >= 0.6 is 0 Å². The van der Waals surface area contributed by atoms with E-state index in [4.69, 9.17) is 10.5 Å². The number of hydrogen-bond donors (Lipinski definition) is 1. The van der Waals surface area contributed by atoms with Gasteiger partial charge in [-0.2, -0.15) is 0 Å². The van der Waals surface area contributed by atoms with Crippen LogP contribution in [0.3, 0.4) is 0 Å². The molecule has 17 heavy (non-hydrogen) atoms. The third kappa shape index (κ3) is 4.57. The zero-order valence-electron chi connectivity index (χ0n) is 11.1. The van der Waals surface area contributed by atoms with Gasteiger partial charge in [0, 0.05) is 6.61 Å². The van der Waals surface area contributed by atoms with E-state index in [0.29, 0.717) is 12.4 Å². The van der Waals surface area contributed by atoms with Crippen molar-refractivity contribution in [2.45, 2.75) is 39.3 Å². The van der Waals surface area contributed by atoms with Crippen LogP contribution in [0.4, 0.5) is 0 Å². The molecule has 0 saturated carbocycles. The van der Waals surface area contributed by atoms with Gasteiger partial charge in [0.1, 0.15) is 11.9 Å². The second-order valence-corrected chi connectivity index (χ2v) is 4.95. The Morgan fingerprint density at radius 1 is 1.29 bits per heavy atom. The van der Waals surface area contributed by atoms with Crippen LogP contribution in [-0.2, 0) is 4.74 Å². The van der Waals surface area contributed by atoms with Crippen molar-refractivity contribution < 1.29 is 4.74 Å². The van der Waals surface area contributed by atoms with Gasteiger partial charge in [-0.25, -0.2) is 0 Å². The Morgan fingerprint density at radius 3 is 2.35 bits per heavy atom. The lowest BCUT2D eigenvalue weighted by atomic mass is 10.1. The summed E-state index contributed by atoms with van der Waals surface area (Å²) in [6.45, 7) is 8.63. The van der Waals surface area contributed by atoms with E-state index in [1.807, 2.05) is 58.0 Å². The molecular weight excluding hydrogens is 212 g/mol. The third-order valence-electron chi connectivity index (χ3n) is 2.17. The van der Waals surface area contributed by atoms with Gasteiger partial charge in [0.25, 0.3) is 0 Å². The van der Waals surface area contributed by atoms with Crippen molar-refractivity contribution in [2.75, 3.05) is 6.61 Å². The second kappa shape index (κ2) is 5.82. The maximum atomic E-state index is 6.05. The van der Waals surface area contributed by atoms with Crippen molar-refractivity contribution in [1.82, 2.24) is 0 Å². The molecule has 94 valence electrons. The highest BCUT2D eigenvalue weighted by Crippen LogP contribution is 2.19. The molecule has 1 aromatic carbocycles. The molecule has 0 aliphatic carbocycles. The molecule has 1 unspecified atom stereocenters. The molecule has 2 N–H and O–H groups in total. The highest BCUT2D eigenvalue weighted by Gasteiger charge is 2.18. The molecule has 3 heteroatoms. The number of amidine groups is 1. The first-order valence-corrected chi connectivity index (χ1v) is 5.96. The van der Waals surface area contributed by atoms with E-state index in [2.05, 4.69) is 4.99 Å². The molecule has 0 radical (unpaired) electrons. The zero-order valence-corrected chi connectivity index (χ0v) is 11.1. The standard InChI is InChI=1S/C14H22N2O/c1-5-17-12(11-9-7-6-8-10-11)13(15)16-14(2,3)4/h6-10,12H,5H2,1-4H3,(H2,15,16). The number of hydrogen-bond acceptors (Lipinski definition) is 2. The zero-order chi connectivity index (χ0) is 12.9. The summed E-state index contributed by atoms with van der Waals surface area (Å²) >= 11 is 0. The Kier molecular flexibility index (Phi) is 4.70. The SMILES string of the molecule is CCOC(C(N)=NC(C)(C)C)c1ccccc1. The monoisotopic (exact) mass is 234 g/mol. The highest BCUT2D eigenvalue weighted by atomic mass is 16.5. The van der Waals surface area contributed by atoms with E-state index < -0.39 is 0 Å². The molecule has 0 aliphatic heterocycles. The van der Waals surface area contributed by atoms with Gasteiger partial charge >= 0.3 is 0 Å². The molecular formula is C14H22N2O. The van der Waals surface area contributed by atoms with Gasteiger partial charge in [-0.1, -0.05) is 30.3 Å². The van der Waals surface area contributed by atoms with Crippen molar-refractivity contribution in [3.05, 3.63) is 35.9 Å². The van der Waals surface area contributed by atoms with E-state index >= 15 is 0 Å². The molecule has 0 heterocycles. The molecule has 0 aromatic heterocycles. The topological polar surface area (TPSA) is 47.6 Å². The molecule has 0 fully saturated rings. The number of nitrogens with zero attached hydrogens (tertiary/aromatic N) is 1. The Morgan fingerprint density at radius 2 is 1.88 bits per heavy atom. The van der Waals surface area contributed by atoms with Crippen molar-refractivity contribution in [3.8, 4) is 0 Å². The fourth-order valence-corrected chi connectivity index (χ4v) is 1.59. The van der Waals surface area contributed by atoms with Crippen LogP contribution in [0, 0.1) is 0 Å². The van der Waals surface area contributed by atoms with Crippen LogP contribution in [0.2, 0.25) is 0 Å². The average Bonchev–Trinajstić information content (AvgIpc) is 2.24. The van der Waals surface area contributed by atoms with Crippen LogP contribution in [0.25, 0.3) is 0 Å². The minimum Gasteiger partial charge on any atom is -0.385 e.